The third-order valence-corrected chi connectivity index (χ3v) is 5.40. The van der Waals surface area contributed by atoms with Crippen molar-refractivity contribution in [3.63, 3.8) is 0 Å². The predicted molar refractivity (Wildman–Crippen MR) is 86.0 cm³/mol. The molecule has 3 aliphatic rings. The van der Waals surface area contributed by atoms with Crippen LogP contribution in [0.1, 0.15) is 17.5 Å². The Bertz CT molecular complexity index is 752. The number of nitrogens with zero attached hydrogens (tertiary/aromatic N) is 1. The number of esters is 1. The van der Waals surface area contributed by atoms with Crippen molar-refractivity contribution >= 4 is 17.8 Å². The maximum atomic E-state index is 12.6. The van der Waals surface area contributed by atoms with Crippen LogP contribution in [-0.2, 0) is 14.4 Å². The van der Waals surface area contributed by atoms with Gasteiger partial charge >= 0.3 is 5.97 Å². The molecule has 5 heteroatoms. The topological polar surface area (TPSA) is 63.7 Å². The van der Waals surface area contributed by atoms with Gasteiger partial charge in [0.2, 0.25) is 11.8 Å². The Balaban J connectivity index is 1.47. The number of amides is 2. The van der Waals surface area contributed by atoms with E-state index >= 15 is 0 Å². The van der Waals surface area contributed by atoms with E-state index in [1.54, 1.807) is 6.07 Å². The van der Waals surface area contributed by atoms with E-state index in [0.29, 0.717) is 5.75 Å². The first-order valence-electron chi connectivity index (χ1n) is 8.27. The van der Waals surface area contributed by atoms with Crippen LogP contribution >= 0.6 is 0 Å². The number of allylic oxidation sites excluding steroid dienone is 2. The number of benzene rings is 1. The minimum atomic E-state index is -0.580. The molecule has 124 valence electrons. The Morgan fingerprint density at radius 3 is 2.33 bits per heavy atom. The van der Waals surface area contributed by atoms with Gasteiger partial charge in [-0.1, -0.05) is 29.8 Å². The van der Waals surface area contributed by atoms with Crippen LogP contribution in [0.5, 0.6) is 5.75 Å². The maximum Gasteiger partial charge on any atom is 0.331 e. The van der Waals surface area contributed by atoms with Crippen molar-refractivity contribution in [2.45, 2.75) is 20.3 Å². The summed E-state index contributed by atoms with van der Waals surface area (Å²) in [6.45, 7) is 3.51. The highest BCUT2D eigenvalue weighted by molar-refractivity contribution is 6.08. The zero-order valence-corrected chi connectivity index (χ0v) is 13.7. The number of imide groups is 1. The summed E-state index contributed by atoms with van der Waals surface area (Å²) in [5, 5.41) is 0. The Hall–Kier alpha value is -2.43. The molecule has 1 saturated carbocycles. The van der Waals surface area contributed by atoms with Crippen molar-refractivity contribution in [1.29, 1.82) is 0 Å². The monoisotopic (exact) mass is 325 g/mol. The molecule has 1 aromatic carbocycles. The highest BCUT2D eigenvalue weighted by Gasteiger charge is 2.59. The van der Waals surface area contributed by atoms with E-state index in [9.17, 15) is 14.4 Å². The number of hydrogen-bond acceptors (Lipinski definition) is 4. The van der Waals surface area contributed by atoms with E-state index in [0.717, 1.165) is 22.4 Å². The number of hydrogen-bond donors (Lipinski definition) is 0. The molecule has 24 heavy (non-hydrogen) atoms. The van der Waals surface area contributed by atoms with Gasteiger partial charge in [-0.2, -0.15) is 0 Å². The van der Waals surface area contributed by atoms with Crippen LogP contribution in [0.25, 0.3) is 0 Å². The first-order chi connectivity index (χ1) is 11.5. The van der Waals surface area contributed by atoms with Crippen LogP contribution in [0, 0.1) is 37.5 Å². The lowest BCUT2D eigenvalue weighted by atomic mass is 9.85. The summed E-state index contributed by atoms with van der Waals surface area (Å²) in [5.74, 6) is -0.814. The molecule has 1 aromatic rings. The van der Waals surface area contributed by atoms with E-state index in [-0.39, 0.29) is 42.0 Å². The summed E-state index contributed by atoms with van der Waals surface area (Å²) in [6, 6.07) is 5.51. The van der Waals surface area contributed by atoms with Crippen LogP contribution in [0.2, 0.25) is 0 Å². The second-order valence-corrected chi connectivity index (χ2v) is 7.01. The van der Waals surface area contributed by atoms with Gasteiger partial charge in [0.15, 0.2) is 0 Å². The van der Waals surface area contributed by atoms with Crippen LogP contribution < -0.4 is 4.74 Å². The lowest BCUT2D eigenvalue weighted by molar-refractivity contribution is -0.148. The SMILES string of the molecule is Cc1ccc(OC(=O)CN2C(=O)C3C4C=CC(C4)C3C2=O)c(C)c1. The van der Waals surface area contributed by atoms with Crippen LogP contribution in [0.4, 0.5) is 0 Å². The standard InChI is InChI=1S/C19H19NO4/c1-10-3-6-14(11(2)7-10)24-15(21)9-20-18(22)16-12-4-5-13(8-12)17(16)19(20)23/h3-7,12-13,16-17H,8-9H2,1-2H3. The Morgan fingerprint density at radius 1 is 1.12 bits per heavy atom. The fourth-order valence-electron chi connectivity index (χ4n) is 4.32. The van der Waals surface area contributed by atoms with Crippen molar-refractivity contribution in [3.8, 4) is 5.75 Å². The number of ether oxygens (including phenoxy) is 1. The van der Waals surface area contributed by atoms with Crippen molar-refractivity contribution in [1.82, 2.24) is 4.90 Å². The van der Waals surface area contributed by atoms with Crippen molar-refractivity contribution < 1.29 is 19.1 Å². The number of fused-ring (bicyclic) bond motifs is 5. The molecule has 2 fully saturated rings. The molecule has 1 saturated heterocycles. The number of carbonyl (C=O) groups excluding carboxylic acids is 3. The fraction of sp³-hybridized carbons (Fsp3) is 0.421. The van der Waals surface area contributed by atoms with Gasteiger partial charge in [0.05, 0.1) is 11.8 Å². The molecule has 0 aromatic heterocycles. The quantitative estimate of drug-likeness (QED) is 0.369. The third-order valence-electron chi connectivity index (χ3n) is 5.40. The van der Waals surface area contributed by atoms with Crippen LogP contribution in [0.15, 0.2) is 30.4 Å². The number of rotatable bonds is 3. The third kappa shape index (κ3) is 2.19. The molecular formula is C19H19NO4. The van der Waals surface area contributed by atoms with Gasteiger partial charge in [-0.05, 0) is 43.7 Å². The van der Waals surface area contributed by atoms with Gasteiger partial charge in [0.25, 0.3) is 0 Å². The molecule has 4 rings (SSSR count). The van der Waals surface area contributed by atoms with Gasteiger partial charge in [-0.15, -0.1) is 0 Å². The Kier molecular flexibility index (Phi) is 3.34. The molecule has 2 amide bonds. The molecule has 0 radical (unpaired) electrons. The fourth-order valence-corrected chi connectivity index (χ4v) is 4.32. The number of aryl methyl sites for hydroxylation is 2. The van der Waals surface area contributed by atoms with Gasteiger partial charge in [0.1, 0.15) is 12.3 Å². The lowest BCUT2D eigenvalue weighted by Gasteiger charge is -2.16. The summed E-state index contributed by atoms with van der Waals surface area (Å²) in [5.41, 5.74) is 1.93. The summed E-state index contributed by atoms with van der Waals surface area (Å²) >= 11 is 0. The van der Waals surface area contributed by atoms with E-state index < -0.39 is 5.97 Å². The van der Waals surface area contributed by atoms with Gasteiger partial charge < -0.3 is 4.74 Å². The van der Waals surface area contributed by atoms with Crippen LogP contribution in [0.3, 0.4) is 0 Å². The molecule has 4 unspecified atom stereocenters. The summed E-state index contributed by atoms with van der Waals surface area (Å²) in [4.78, 5) is 38.4. The predicted octanol–water partition coefficient (Wildman–Crippen LogP) is 2.02. The summed E-state index contributed by atoms with van der Waals surface area (Å²) < 4.78 is 5.35. The molecule has 0 spiro atoms. The molecule has 0 N–H and O–H groups in total. The van der Waals surface area contributed by atoms with Crippen molar-refractivity contribution in [3.05, 3.63) is 41.5 Å². The van der Waals surface area contributed by atoms with Crippen LogP contribution in [-0.4, -0.2) is 29.2 Å². The second-order valence-electron chi connectivity index (χ2n) is 7.01. The second kappa shape index (κ2) is 5.30. The largest absolute Gasteiger partial charge is 0.425 e. The van der Waals surface area contributed by atoms with Gasteiger partial charge in [0, 0.05) is 0 Å². The molecule has 2 bridgehead atoms. The smallest absolute Gasteiger partial charge is 0.331 e. The normalized spacial score (nSPS) is 30.2. The Labute approximate surface area is 140 Å². The maximum absolute atomic E-state index is 12.6. The minimum Gasteiger partial charge on any atom is -0.425 e. The van der Waals surface area contributed by atoms with Gasteiger partial charge in [-0.25, -0.2) is 4.79 Å². The summed E-state index contributed by atoms with van der Waals surface area (Å²) in [7, 11) is 0. The first-order valence-corrected chi connectivity index (χ1v) is 8.27. The van der Waals surface area contributed by atoms with E-state index in [1.807, 2.05) is 38.1 Å². The van der Waals surface area contributed by atoms with Crippen molar-refractivity contribution in [2.24, 2.45) is 23.7 Å². The molecule has 4 atom stereocenters. The lowest BCUT2D eigenvalue weighted by Crippen LogP contribution is -2.38. The highest BCUT2D eigenvalue weighted by atomic mass is 16.5. The first kappa shape index (κ1) is 15.1. The number of carbonyl (C=O) groups is 3. The van der Waals surface area contributed by atoms with E-state index in [2.05, 4.69) is 0 Å². The molecular weight excluding hydrogens is 306 g/mol. The average molecular weight is 325 g/mol. The molecule has 5 nitrogen and oxygen atoms in total. The van der Waals surface area contributed by atoms with E-state index in [1.165, 1.54) is 0 Å². The highest BCUT2D eigenvalue weighted by Crippen LogP contribution is 2.52. The minimum absolute atomic E-state index is 0.150. The zero-order chi connectivity index (χ0) is 17.0. The Morgan fingerprint density at radius 2 is 1.75 bits per heavy atom. The molecule has 1 aliphatic heterocycles. The average Bonchev–Trinajstić information content (AvgIpc) is 3.20. The molecule has 2 aliphatic carbocycles. The zero-order valence-electron chi connectivity index (χ0n) is 13.7. The van der Waals surface area contributed by atoms with Crippen molar-refractivity contribution in [2.75, 3.05) is 6.54 Å². The molecule has 1 heterocycles. The van der Waals surface area contributed by atoms with E-state index in [4.69, 9.17) is 4.74 Å². The summed E-state index contributed by atoms with van der Waals surface area (Å²) in [6.07, 6.45) is 4.96. The number of likely N-dealkylation sites (tertiary alicyclic amines) is 1. The van der Waals surface area contributed by atoms with Gasteiger partial charge in [-0.3, -0.25) is 14.5 Å².